The molecule has 0 aliphatic heterocycles. The summed E-state index contributed by atoms with van der Waals surface area (Å²) >= 11 is 9.52. The summed E-state index contributed by atoms with van der Waals surface area (Å²) < 4.78 is 11.3. The maximum Gasteiger partial charge on any atom is 0.146 e. The van der Waals surface area contributed by atoms with Gasteiger partial charge in [0.1, 0.15) is 22.3 Å². The lowest BCUT2D eigenvalue weighted by Crippen LogP contribution is -1.95. The molecular formula is C12H10BrClN2O2. The summed E-state index contributed by atoms with van der Waals surface area (Å²) in [7, 11) is 3.18. The first-order valence-corrected chi connectivity index (χ1v) is 6.22. The standard InChI is InChI=1S/C12H10BrClN2O2/c1-17-9-4-3-7(12(18-2)10(9)13)11-8(14)5-15-6-16-11/h3-6H,1-2H3. The van der Waals surface area contributed by atoms with E-state index in [2.05, 4.69) is 25.9 Å². The quantitative estimate of drug-likeness (QED) is 0.863. The predicted octanol–water partition coefficient (Wildman–Crippen LogP) is 3.58. The normalized spacial score (nSPS) is 10.2. The van der Waals surface area contributed by atoms with Gasteiger partial charge in [0.05, 0.1) is 24.9 Å². The number of methoxy groups -OCH3 is 2. The van der Waals surface area contributed by atoms with Crippen molar-refractivity contribution in [3.63, 3.8) is 0 Å². The van der Waals surface area contributed by atoms with E-state index in [-0.39, 0.29) is 0 Å². The van der Waals surface area contributed by atoms with Gasteiger partial charge in [0.2, 0.25) is 0 Å². The summed E-state index contributed by atoms with van der Waals surface area (Å²) in [6.07, 6.45) is 2.99. The molecular weight excluding hydrogens is 320 g/mol. The number of hydrogen-bond acceptors (Lipinski definition) is 4. The molecule has 0 atom stereocenters. The zero-order valence-electron chi connectivity index (χ0n) is 9.78. The monoisotopic (exact) mass is 328 g/mol. The highest BCUT2D eigenvalue weighted by Crippen LogP contribution is 2.42. The highest BCUT2D eigenvalue weighted by Gasteiger charge is 2.16. The lowest BCUT2D eigenvalue weighted by Gasteiger charge is -2.13. The molecule has 0 N–H and O–H groups in total. The minimum Gasteiger partial charge on any atom is -0.495 e. The lowest BCUT2D eigenvalue weighted by atomic mass is 10.1. The maximum atomic E-state index is 6.09. The summed E-state index contributed by atoms with van der Waals surface area (Å²) in [4.78, 5) is 8.03. The maximum absolute atomic E-state index is 6.09. The van der Waals surface area contributed by atoms with E-state index < -0.39 is 0 Å². The molecule has 0 unspecified atom stereocenters. The van der Waals surface area contributed by atoms with Gasteiger partial charge in [-0.2, -0.15) is 0 Å². The minimum absolute atomic E-state index is 0.466. The Morgan fingerprint density at radius 1 is 1.22 bits per heavy atom. The van der Waals surface area contributed by atoms with Gasteiger partial charge in [-0.05, 0) is 28.1 Å². The molecule has 0 amide bonds. The molecule has 0 bridgehead atoms. The molecule has 94 valence electrons. The van der Waals surface area contributed by atoms with Crippen molar-refractivity contribution >= 4 is 27.5 Å². The molecule has 0 spiro atoms. The van der Waals surface area contributed by atoms with E-state index in [4.69, 9.17) is 21.1 Å². The van der Waals surface area contributed by atoms with Crippen molar-refractivity contribution in [1.29, 1.82) is 0 Å². The Morgan fingerprint density at radius 3 is 2.61 bits per heavy atom. The van der Waals surface area contributed by atoms with E-state index >= 15 is 0 Å². The number of benzene rings is 1. The van der Waals surface area contributed by atoms with Crippen molar-refractivity contribution in [3.8, 4) is 22.8 Å². The van der Waals surface area contributed by atoms with Crippen LogP contribution < -0.4 is 9.47 Å². The number of rotatable bonds is 3. The van der Waals surface area contributed by atoms with Crippen molar-refractivity contribution < 1.29 is 9.47 Å². The van der Waals surface area contributed by atoms with Gasteiger partial charge >= 0.3 is 0 Å². The van der Waals surface area contributed by atoms with E-state index in [9.17, 15) is 0 Å². The smallest absolute Gasteiger partial charge is 0.146 e. The zero-order chi connectivity index (χ0) is 13.1. The predicted molar refractivity (Wildman–Crippen MR) is 73.3 cm³/mol. The van der Waals surface area contributed by atoms with Crippen LogP contribution in [0.1, 0.15) is 0 Å². The first-order valence-electron chi connectivity index (χ1n) is 5.05. The molecule has 2 rings (SSSR count). The summed E-state index contributed by atoms with van der Waals surface area (Å²) in [6, 6.07) is 3.66. The summed E-state index contributed by atoms with van der Waals surface area (Å²) in [5.74, 6) is 1.30. The number of halogens is 2. The van der Waals surface area contributed by atoms with Gasteiger partial charge in [0, 0.05) is 11.8 Å². The van der Waals surface area contributed by atoms with Crippen LogP contribution in [0.2, 0.25) is 5.02 Å². The van der Waals surface area contributed by atoms with Gasteiger partial charge in [-0.15, -0.1) is 0 Å². The van der Waals surface area contributed by atoms with Crippen molar-refractivity contribution in [3.05, 3.63) is 34.2 Å². The third kappa shape index (κ3) is 2.28. The van der Waals surface area contributed by atoms with Gasteiger partial charge in [-0.3, -0.25) is 0 Å². The van der Waals surface area contributed by atoms with Gasteiger partial charge in [0.25, 0.3) is 0 Å². The fourth-order valence-electron chi connectivity index (χ4n) is 1.59. The highest BCUT2D eigenvalue weighted by molar-refractivity contribution is 9.10. The number of nitrogens with zero attached hydrogens (tertiary/aromatic N) is 2. The molecule has 0 fully saturated rings. The van der Waals surface area contributed by atoms with Crippen LogP contribution in [0.3, 0.4) is 0 Å². The Hall–Kier alpha value is -1.33. The molecule has 1 aromatic carbocycles. The van der Waals surface area contributed by atoms with Gasteiger partial charge in [-0.1, -0.05) is 11.6 Å². The SMILES string of the molecule is COc1ccc(-c2ncncc2Cl)c(OC)c1Br. The second kappa shape index (κ2) is 5.54. The summed E-state index contributed by atoms with van der Waals surface area (Å²) in [5.41, 5.74) is 1.39. The van der Waals surface area contributed by atoms with Gasteiger partial charge in [0.15, 0.2) is 0 Å². The third-order valence-electron chi connectivity index (χ3n) is 2.41. The molecule has 0 saturated heterocycles. The van der Waals surface area contributed by atoms with Crippen LogP contribution in [0.25, 0.3) is 11.3 Å². The molecule has 0 aliphatic carbocycles. The fourth-order valence-corrected chi connectivity index (χ4v) is 2.47. The van der Waals surface area contributed by atoms with E-state index in [1.165, 1.54) is 6.33 Å². The Balaban J connectivity index is 2.66. The molecule has 0 aliphatic rings. The van der Waals surface area contributed by atoms with Gasteiger partial charge < -0.3 is 9.47 Å². The minimum atomic E-state index is 0.466. The van der Waals surface area contributed by atoms with Crippen LogP contribution >= 0.6 is 27.5 Å². The first-order chi connectivity index (χ1) is 8.69. The van der Waals surface area contributed by atoms with E-state index in [0.29, 0.717) is 22.2 Å². The number of aromatic nitrogens is 2. The van der Waals surface area contributed by atoms with Crippen molar-refractivity contribution in [2.75, 3.05) is 14.2 Å². The molecule has 4 nitrogen and oxygen atoms in total. The summed E-state index contributed by atoms with van der Waals surface area (Å²) in [5, 5.41) is 0.466. The molecule has 0 radical (unpaired) electrons. The number of ether oxygens (including phenoxy) is 2. The fraction of sp³-hybridized carbons (Fsp3) is 0.167. The van der Waals surface area contributed by atoms with Crippen LogP contribution in [-0.4, -0.2) is 24.2 Å². The molecule has 2 aromatic rings. The average molecular weight is 330 g/mol. The second-order valence-electron chi connectivity index (χ2n) is 3.38. The lowest BCUT2D eigenvalue weighted by molar-refractivity contribution is 0.390. The topological polar surface area (TPSA) is 44.2 Å². The van der Waals surface area contributed by atoms with E-state index in [1.54, 1.807) is 20.4 Å². The largest absolute Gasteiger partial charge is 0.495 e. The molecule has 6 heteroatoms. The van der Waals surface area contributed by atoms with Crippen LogP contribution in [-0.2, 0) is 0 Å². The van der Waals surface area contributed by atoms with E-state index in [0.717, 1.165) is 10.0 Å². The highest BCUT2D eigenvalue weighted by atomic mass is 79.9. The average Bonchev–Trinajstić information content (AvgIpc) is 2.39. The Bertz CT molecular complexity index is 578. The molecule has 18 heavy (non-hydrogen) atoms. The van der Waals surface area contributed by atoms with Gasteiger partial charge in [-0.25, -0.2) is 9.97 Å². The van der Waals surface area contributed by atoms with E-state index in [1.807, 2.05) is 12.1 Å². The molecule has 1 aromatic heterocycles. The van der Waals surface area contributed by atoms with Crippen molar-refractivity contribution in [2.45, 2.75) is 0 Å². The molecule has 1 heterocycles. The van der Waals surface area contributed by atoms with Crippen molar-refractivity contribution in [1.82, 2.24) is 9.97 Å². The molecule has 0 saturated carbocycles. The Labute approximate surface area is 118 Å². The number of hydrogen-bond donors (Lipinski definition) is 0. The Kier molecular flexibility index (Phi) is 4.04. The van der Waals surface area contributed by atoms with Crippen LogP contribution in [0.15, 0.2) is 29.1 Å². The first kappa shape index (κ1) is 13.1. The van der Waals surface area contributed by atoms with Crippen LogP contribution in [0.5, 0.6) is 11.5 Å². The van der Waals surface area contributed by atoms with Crippen LogP contribution in [0, 0.1) is 0 Å². The Morgan fingerprint density at radius 2 is 2.00 bits per heavy atom. The summed E-state index contributed by atoms with van der Waals surface area (Å²) in [6.45, 7) is 0. The van der Waals surface area contributed by atoms with Crippen molar-refractivity contribution in [2.24, 2.45) is 0 Å². The second-order valence-corrected chi connectivity index (χ2v) is 4.58. The third-order valence-corrected chi connectivity index (χ3v) is 3.44. The van der Waals surface area contributed by atoms with Crippen LogP contribution in [0.4, 0.5) is 0 Å². The zero-order valence-corrected chi connectivity index (χ0v) is 12.1.